The Hall–Kier alpha value is -4.80. The van der Waals surface area contributed by atoms with Crippen LogP contribution < -0.4 is 0 Å². The van der Waals surface area contributed by atoms with E-state index >= 15 is 0 Å². The van der Waals surface area contributed by atoms with Gasteiger partial charge in [-0.15, -0.1) is 0 Å². The molecule has 19 heteroatoms. The minimum Gasteiger partial charge on any atom is -0.462 e. The predicted octanol–water partition coefficient (Wildman–Crippen LogP) is 24.4. The first kappa shape index (κ1) is 101. The number of esters is 4. The Bertz CT molecular complexity index is 2530. The lowest BCUT2D eigenvalue weighted by Crippen LogP contribution is -2.30. The van der Waals surface area contributed by atoms with E-state index in [2.05, 4.69) is 125 Å². The summed E-state index contributed by atoms with van der Waals surface area (Å²) in [6.07, 6.45) is 88.8. The molecular weight excluding hydrogens is 1380 g/mol. The maximum atomic E-state index is 13.1. The maximum Gasteiger partial charge on any atom is 0.472 e. The van der Waals surface area contributed by atoms with Crippen LogP contribution in [0.25, 0.3) is 0 Å². The molecule has 0 aromatic heterocycles. The summed E-state index contributed by atoms with van der Waals surface area (Å²) >= 11 is 0. The van der Waals surface area contributed by atoms with Crippen molar-refractivity contribution in [2.45, 2.75) is 354 Å². The molecule has 0 aliphatic heterocycles. The van der Waals surface area contributed by atoms with E-state index in [0.29, 0.717) is 38.5 Å². The monoisotopic (exact) mass is 1530 g/mol. The molecule has 0 aliphatic rings. The van der Waals surface area contributed by atoms with E-state index in [1.165, 1.54) is 128 Å². The van der Waals surface area contributed by atoms with Gasteiger partial charge >= 0.3 is 39.5 Å². The first-order chi connectivity index (χ1) is 51.7. The molecule has 17 nitrogen and oxygen atoms in total. The molecule has 0 aromatic carbocycles. The lowest BCUT2D eigenvalue weighted by atomic mass is 10.0. The van der Waals surface area contributed by atoms with Crippen molar-refractivity contribution < 1.29 is 80.2 Å². The van der Waals surface area contributed by atoms with Crippen molar-refractivity contribution in [2.75, 3.05) is 39.6 Å². The molecule has 0 saturated carbocycles. The second-order valence-corrected chi connectivity index (χ2v) is 30.3. The van der Waals surface area contributed by atoms with Gasteiger partial charge in [0.2, 0.25) is 0 Å². The highest BCUT2D eigenvalue weighted by Gasteiger charge is 2.30. The van der Waals surface area contributed by atoms with E-state index in [4.69, 9.17) is 37.0 Å². The molecular formula is C87H148O17P2. The van der Waals surface area contributed by atoms with E-state index < -0.39 is 97.5 Å². The molecule has 0 aromatic rings. The fourth-order valence-electron chi connectivity index (χ4n) is 10.8. The molecule has 5 atom stereocenters. The van der Waals surface area contributed by atoms with Crippen LogP contribution in [0.5, 0.6) is 0 Å². The topological polar surface area (TPSA) is 237 Å². The van der Waals surface area contributed by atoms with Crippen LogP contribution in [0.1, 0.15) is 336 Å². The number of rotatable bonds is 77. The van der Waals surface area contributed by atoms with Crippen molar-refractivity contribution in [3.05, 3.63) is 134 Å². The van der Waals surface area contributed by atoms with Crippen LogP contribution >= 0.6 is 15.6 Å². The molecule has 0 radical (unpaired) electrons. The molecule has 3 N–H and O–H groups in total. The minimum absolute atomic E-state index is 0.0312. The molecule has 2 unspecified atom stereocenters. The summed E-state index contributed by atoms with van der Waals surface area (Å²) < 4.78 is 68.5. The third-order valence-corrected chi connectivity index (χ3v) is 19.0. The molecule has 608 valence electrons. The third kappa shape index (κ3) is 77.4. The van der Waals surface area contributed by atoms with Gasteiger partial charge in [0.25, 0.3) is 0 Å². The highest BCUT2D eigenvalue weighted by atomic mass is 31.2. The van der Waals surface area contributed by atoms with Crippen molar-refractivity contribution in [1.29, 1.82) is 0 Å². The molecule has 0 fully saturated rings. The number of aliphatic hydroxyl groups is 1. The normalized spacial score (nSPS) is 14.5. The first-order valence-electron chi connectivity index (χ1n) is 41.4. The van der Waals surface area contributed by atoms with Crippen molar-refractivity contribution in [2.24, 2.45) is 0 Å². The van der Waals surface area contributed by atoms with Crippen LogP contribution in [0.3, 0.4) is 0 Å². The molecule has 106 heavy (non-hydrogen) atoms. The highest BCUT2D eigenvalue weighted by Crippen LogP contribution is 2.45. The number of unbranched alkanes of at least 4 members (excludes halogenated alkanes) is 29. The maximum absolute atomic E-state index is 13.1. The summed E-state index contributed by atoms with van der Waals surface area (Å²) in [6.45, 7) is 4.65. The van der Waals surface area contributed by atoms with E-state index in [9.17, 15) is 43.2 Å². The van der Waals surface area contributed by atoms with Crippen LogP contribution in [0.15, 0.2) is 134 Å². The second kappa shape index (κ2) is 78.3. The van der Waals surface area contributed by atoms with Crippen molar-refractivity contribution in [3.63, 3.8) is 0 Å². The zero-order chi connectivity index (χ0) is 77.4. The Morgan fingerprint density at radius 1 is 0.264 bits per heavy atom. The van der Waals surface area contributed by atoms with E-state index in [1.807, 2.05) is 36.5 Å². The fourth-order valence-corrected chi connectivity index (χ4v) is 12.3. The Balaban J connectivity index is 5.50. The third-order valence-electron chi connectivity index (χ3n) is 17.1. The molecule has 0 bridgehead atoms. The fraction of sp³-hybridized carbons (Fsp3) is 0.701. The van der Waals surface area contributed by atoms with Crippen LogP contribution in [0.4, 0.5) is 0 Å². The molecule has 0 rings (SSSR count). The standard InChI is InChI=1S/C87H148O17P2/c1-5-9-13-17-21-25-29-33-36-38-40-42-45-49-53-57-61-65-69-73-86(91)103-82(77-97-84(89)71-67-63-59-55-51-47-32-28-24-20-16-12-8-4)79-101-105(93,94)99-75-81(88)76-100-106(95,96)102-80-83(78-98-85(90)72-68-64-60-56-52-48-44-35-31-27-23-19-15-11-7-3)104-87(92)74-70-66-62-58-54-50-46-43-41-39-37-34-30-26-22-18-14-10-6-2/h21-22,25-26,28,32-34,36-37,40-43,49-50,53-54,61-62,65-66,81-83,88H,5-20,23-24,27,29-31,35,38-39,44-48,51-52,55-60,63-64,67-80H2,1-4H3,(H,93,94)(H,95,96)/b25-21-,26-22-,32-28-,36-33-,37-34-,42-40-,43-41-,53-49-,54-50-,65-61-,66-62-/t81-,82-,83-/m1/s1. The number of carbonyl (C=O) groups is 4. The van der Waals surface area contributed by atoms with Gasteiger partial charge in [0.1, 0.15) is 19.3 Å². The Morgan fingerprint density at radius 2 is 0.481 bits per heavy atom. The summed E-state index contributed by atoms with van der Waals surface area (Å²) in [7, 11) is -10.0. The van der Waals surface area contributed by atoms with Gasteiger partial charge in [-0.25, -0.2) is 9.13 Å². The van der Waals surface area contributed by atoms with Gasteiger partial charge in [0.05, 0.1) is 26.4 Å². The van der Waals surface area contributed by atoms with Crippen LogP contribution in [-0.2, 0) is 65.4 Å². The predicted molar refractivity (Wildman–Crippen MR) is 436 cm³/mol. The average molecular weight is 1530 g/mol. The quantitative estimate of drug-likeness (QED) is 0.0169. The van der Waals surface area contributed by atoms with E-state index in [1.54, 1.807) is 0 Å². The number of allylic oxidation sites excluding steroid dienone is 22. The van der Waals surface area contributed by atoms with Crippen LogP contribution in [0, 0.1) is 0 Å². The number of aliphatic hydroxyl groups excluding tert-OH is 1. The molecule has 0 spiro atoms. The zero-order valence-corrected chi connectivity index (χ0v) is 68.4. The van der Waals surface area contributed by atoms with E-state index in [0.717, 1.165) is 116 Å². The Morgan fingerprint density at radius 3 is 0.783 bits per heavy atom. The molecule has 0 heterocycles. The highest BCUT2D eigenvalue weighted by molar-refractivity contribution is 7.47. The summed E-state index contributed by atoms with van der Waals surface area (Å²) in [6, 6.07) is 0. The van der Waals surface area contributed by atoms with Gasteiger partial charge in [-0.05, 0) is 128 Å². The average Bonchev–Trinajstić information content (AvgIpc) is 0.937. The number of hydrogen-bond acceptors (Lipinski definition) is 15. The van der Waals surface area contributed by atoms with Gasteiger partial charge in [-0.1, -0.05) is 315 Å². The summed E-state index contributed by atoms with van der Waals surface area (Å²) in [4.78, 5) is 73.0. The van der Waals surface area contributed by atoms with Crippen molar-refractivity contribution >= 4 is 39.5 Å². The number of carbonyl (C=O) groups excluding carboxylic acids is 4. The number of hydrogen-bond donors (Lipinski definition) is 3. The van der Waals surface area contributed by atoms with Crippen molar-refractivity contribution in [3.8, 4) is 0 Å². The lowest BCUT2D eigenvalue weighted by Gasteiger charge is -2.21. The van der Waals surface area contributed by atoms with Crippen LogP contribution in [-0.4, -0.2) is 96.7 Å². The summed E-state index contributed by atoms with van der Waals surface area (Å²) in [5, 5.41) is 10.6. The van der Waals surface area contributed by atoms with Gasteiger partial charge in [-0.2, -0.15) is 0 Å². The van der Waals surface area contributed by atoms with Gasteiger partial charge in [-0.3, -0.25) is 37.3 Å². The molecule has 0 amide bonds. The summed E-state index contributed by atoms with van der Waals surface area (Å²) in [5.74, 6) is -2.37. The number of phosphoric ester groups is 2. The molecule has 0 aliphatic carbocycles. The van der Waals surface area contributed by atoms with Crippen molar-refractivity contribution in [1.82, 2.24) is 0 Å². The Labute approximate surface area is 644 Å². The smallest absolute Gasteiger partial charge is 0.462 e. The number of phosphoric acid groups is 2. The summed E-state index contributed by atoms with van der Waals surface area (Å²) in [5.41, 5.74) is 0. The van der Waals surface area contributed by atoms with Gasteiger partial charge < -0.3 is 33.8 Å². The number of ether oxygens (including phenoxy) is 4. The first-order valence-corrected chi connectivity index (χ1v) is 44.4. The lowest BCUT2D eigenvalue weighted by molar-refractivity contribution is -0.161. The second-order valence-electron chi connectivity index (χ2n) is 27.4. The van der Waals surface area contributed by atoms with E-state index in [-0.39, 0.29) is 25.7 Å². The SMILES string of the molecule is CCCCC/C=C\C/C=C\C/C=C\C/C=C\C/C=C\CCC(=O)O[C@H](COC(=O)CCCCCCC/C=C\CCCCCC)COP(=O)(O)OC[C@@H](O)COP(=O)(O)OC[C@@H](COC(=O)CCCCCCCCCCCCCCCCC)OC(=O)CC/C=C\C/C=C\C/C=C\C/C=C\C/C=C\CCCCC. The Kier molecular flexibility index (Phi) is 74.8. The van der Waals surface area contributed by atoms with Gasteiger partial charge in [0, 0.05) is 25.7 Å². The zero-order valence-electron chi connectivity index (χ0n) is 66.6. The minimum atomic E-state index is -5.01. The largest absolute Gasteiger partial charge is 0.472 e. The van der Waals surface area contributed by atoms with Crippen LogP contribution in [0.2, 0.25) is 0 Å². The van der Waals surface area contributed by atoms with Gasteiger partial charge in [0.15, 0.2) is 12.2 Å². The molecule has 0 saturated heterocycles.